The van der Waals surface area contributed by atoms with Crippen molar-refractivity contribution in [3.05, 3.63) is 35.7 Å². The van der Waals surface area contributed by atoms with Gasteiger partial charge in [0.2, 0.25) is 0 Å². The van der Waals surface area contributed by atoms with Crippen molar-refractivity contribution < 1.29 is 13.2 Å². The number of pyridine rings is 1. The largest absolute Gasteiger partial charge is 0.409 e. The maximum absolute atomic E-state index is 12.5. The monoisotopic (exact) mass is 229 g/mol. The summed E-state index contributed by atoms with van der Waals surface area (Å²) in [4.78, 5) is 0. The van der Waals surface area contributed by atoms with Crippen molar-refractivity contribution in [3.63, 3.8) is 0 Å². The predicted molar refractivity (Wildman–Crippen MR) is 52.9 cm³/mol. The number of rotatable bonds is 1. The quantitative estimate of drug-likeness (QED) is 0.814. The Hall–Kier alpha value is -1.56. The molecule has 2 aromatic rings. The Kier molecular flexibility index (Phi) is 2.38. The van der Waals surface area contributed by atoms with Crippen LogP contribution in [0.2, 0.25) is 0 Å². The molecule has 0 aromatic carbocycles. The summed E-state index contributed by atoms with van der Waals surface area (Å²) < 4.78 is 38.8. The molecule has 6 heteroatoms. The van der Waals surface area contributed by atoms with Crippen LogP contribution in [0.1, 0.15) is 17.3 Å². The van der Waals surface area contributed by atoms with E-state index in [1.54, 1.807) is 31.3 Å². The second kappa shape index (κ2) is 3.48. The van der Waals surface area contributed by atoms with E-state index in [9.17, 15) is 13.2 Å². The Morgan fingerprint density at radius 2 is 2.06 bits per heavy atom. The van der Waals surface area contributed by atoms with Gasteiger partial charge in [0.1, 0.15) is 6.04 Å². The molecule has 0 amide bonds. The summed E-state index contributed by atoms with van der Waals surface area (Å²) in [5.74, 6) is 0. The van der Waals surface area contributed by atoms with Crippen LogP contribution in [-0.4, -0.2) is 15.8 Å². The normalized spacial score (nSPS) is 14.3. The van der Waals surface area contributed by atoms with E-state index in [1.807, 2.05) is 0 Å². The molecule has 0 spiro atoms. The molecular weight excluding hydrogens is 219 g/mol. The Labute approximate surface area is 89.7 Å². The van der Waals surface area contributed by atoms with Crippen LogP contribution in [0.4, 0.5) is 13.2 Å². The number of aryl methyl sites for hydroxylation is 1. The van der Waals surface area contributed by atoms with Crippen molar-refractivity contribution in [1.82, 2.24) is 9.61 Å². The third-order valence-corrected chi connectivity index (χ3v) is 2.47. The number of aromatic nitrogens is 2. The number of fused-ring (bicyclic) bond motifs is 1. The third-order valence-electron chi connectivity index (χ3n) is 2.47. The molecule has 2 aromatic heterocycles. The van der Waals surface area contributed by atoms with E-state index in [4.69, 9.17) is 5.73 Å². The highest BCUT2D eigenvalue weighted by Gasteiger charge is 2.40. The first-order chi connectivity index (χ1) is 7.41. The van der Waals surface area contributed by atoms with Crippen molar-refractivity contribution in [2.24, 2.45) is 5.73 Å². The first kappa shape index (κ1) is 10.9. The molecule has 0 aliphatic rings. The third kappa shape index (κ3) is 1.65. The number of nitrogens with zero attached hydrogens (tertiary/aromatic N) is 2. The van der Waals surface area contributed by atoms with Crippen LogP contribution in [0.15, 0.2) is 24.4 Å². The highest BCUT2D eigenvalue weighted by molar-refractivity contribution is 5.56. The van der Waals surface area contributed by atoms with E-state index in [-0.39, 0.29) is 5.69 Å². The van der Waals surface area contributed by atoms with E-state index in [0.717, 1.165) is 0 Å². The number of halogens is 3. The average Bonchev–Trinajstić information content (AvgIpc) is 2.54. The van der Waals surface area contributed by atoms with Crippen LogP contribution in [0.25, 0.3) is 5.52 Å². The van der Waals surface area contributed by atoms with Crippen molar-refractivity contribution >= 4 is 5.52 Å². The van der Waals surface area contributed by atoms with Gasteiger partial charge in [-0.05, 0) is 24.6 Å². The zero-order valence-corrected chi connectivity index (χ0v) is 8.49. The molecule has 0 fully saturated rings. The molecule has 0 aliphatic carbocycles. The maximum Gasteiger partial charge on any atom is 0.409 e. The first-order valence-electron chi connectivity index (χ1n) is 4.67. The molecule has 0 radical (unpaired) electrons. The van der Waals surface area contributed by atoms with Gasteiger partial charge in [0, 0.05) is 6.20 Å². The van der Waals surface area contributed by atoms with Gasteiger partial charge in [0.15, 0.2) is 0 Å². The lowest BCUT2D eigenvalue weighted by Crippen LogP contribution is -2.29. The summed E-state index contributed by atoms with van der Waals surface area (Å²) >= 11 is 0. The van der Waals surface area contributed by atoms with Crippen molar-refractivity contribution in [3.8, 4) is 0 Å². The van der Waals surface area contributed by atoms with Crippen molar-refractivity contribution in [2.45, 2.75) is 19.1 Å². The first-order valence-corrected chi connectivity index (χ1v) is 4.67. The van der Waals surface area contributed by atoms with E-state index < -0.39 is 12.2 Å². The Morgan fingerprint density at radius 3 is 2.62 bits per heavy atom. The topological polar surface area (TPSA) is 43.3 Å². The van der Waals surface area contributed by atoms with Gasteiger partial charge in [-0.15, -0.1) is 0 Å². The molecule has 2 heterocycles. The van der Waals surface area contributed by atoms with E-state index in [0.29, 0.717) is 11.1 Å². The molecule has 0 bridgehead atoms. The van der Waals surface area contributed by atoms with Gasteiger partial charge in [-0.25, -0.2) is 4.52 Å². The molecule has 2 N–H and O–H groups in total. The van der Waals surface area contributed by atoms with Gasteiger partial charge >= 0.3 is 6.18 Å². The molecular formula is C10H10F3N3. The lowest BCUT2D eigenvalue weighted by atomic mass is 10.1. The number of nitrogens with two attached hydrogens (primary N) is 1. The number of hydrogen-bond acceptors (Lipinski definition) is 2. The highest BCUT2D eigenvalue weighted by Crippen LogP contribution is 2.32. The van der Waals surface area contributed by atoms with Crippen LogP contribution in [-0.2, 0) is 0 Å². The van der Waals surface area contributed by atoms with Gasteiger partial charge in [-0.1, -0.05) is 6.07 Å². The molecule has 16 heavy (non-hydrogen) atoms. The zero-order valence-electron chi connectivity index (χ0n) is 8.49. The molecule has 0 saturated heterocycles. The second-order valence-corrected chi connectivity index (χ2v) is 3.56. The van der Waals surface area contributed by atoms with Gasteiger partial charge in [-0.3, -0.25) is 0 Å². The highest BCUT2D eigenvalue weighted by atomic mass is 19.4. The standard InChI is InChI=1S/C10H10F3N3/c1-6-7-4-2-3-5-16(7)15-8(6)9(14)10(11,12)13/h2-5,9H,14H2,1H3. The second-order valence-electron chi connectivity index (χ2n) is 3.56. The summed E-state index contributed by atoms with van der Waals surface area (Å²) in [5.41, 5.74) is 6.11. The van der Waals surface area contributed by atoms with Gasteiger partial charge in [0.05, 0.1) is 11.2 Å². The summed E-state index contributed by atoms with van der Waals surface area (Å²) in [6.07, 6.45) is -2.88. The smallest absolute Gasteiger partial charge is 0.315 e. The summed E-state index contributed by atoms with van der Waals surface area (Å²) in [5, 5.41) is 3.85. The van der Waals surface area contributed by atoms with Gasteiger partial charge < -0.3 is 5.73 Å². The summed E-state index contributed by atoms with van der Waals surface area (Å²) in [6.45, 7) is 1.59. The molecule has 0 saturated carbocycles. The van der Waals surface area contributed by atoms with Gasteiger partial charge in [-0.2, -0.15) is 18.3 Å². The predicted octanol–water partition coefficient (Wildman–Crippen LogP) is 2.20. The Bertz CT molecular complexity index is 515. The fourth-order valence-corrected chi connectivity index (χ4v) is 1.59. The fraction of sp³-hybridized carbons (Fsp3) is 0.300. The maximum atomic E-state index is 12.5. The molecule has 2 rings (SSSR count). The van der Waals surface area contributed by atoms with Crippen molar-refractivity contribution in [1.29, 1.82) is 0 Å². The van der Waals surface area contributed by atoms with Crippen LogP contribution in [0.5, 0.6) is 0 Å². The summed E-state index contributed by atoms with van der Waals surface area (Å²) in [6, 6.07) is 3.11. The molecule has 1 unspecified atom stereocenters. The molecule has 3 nitrogen and oxygen atoms in total. The Balaban J connectivity index is 2.58. The van der Waals surface area contributed by atoms with Gasteiger partial charge in [0.25, 0.3) is 0 Å². The lowest BCUT2D eigenvalue weighted by molar-refractivity contribution is -0.150. The SMILES string of the molecule is Cc1c(C(N)C(F)(F)F)nn2ccccc12. The zero-order chi connectivity index (χ0) is 11.9. The molecule has 0 aliphatic heterocycles. The number of hydrogen-bond donors (Lipinski definition) is 1. The molecule has 86 valence electrons. The van der Waals surface area contributed by atoms with Crippen LogP contribution in [0, 0.1) is 6.92 Å². The van der Waals surface area contributed by atoms with E-state index in [1.165, 1.54) is 4.52 Å². The lowest BCUT2D eigenvalue weighted by Gasteiger charge is -2.13. The Morgan fingerprint density at radius 1 is 1.38 bits per heavy atom. The van der Waals surface area contributed by atoms with Crippen LogP contribution in [0.3, 0.4) is 0 Å². The minimum absolute atomic E-state index is 0.126. The summed E-state index contributed by atoms with van der Waals surface area (Å²) in [7, 11) is 0. The van der Waals surface area contributed by atoms with Crippen molar-refractivity contribution in [2.75, 3.05) is 0 Å². The minimum atomic E-state index is -4.47. The fourth-order valence-electron chi connectivity index (χ4n) is 1.59. The minimum Gasteiger partial charge on any atom is -0.315 e. The average molecular weight is 229 g/mol. The van der Waals surface area contributed by atoms with E-state index in [2.05, 4.69) is 5.10 Å². The van der Waals surface area contributed by atoms with Crippen LogP contribution < -0.4 is 5.73 Å². The number of alkyl halides is 3. The van der Waals surface area contributed by atoms with Crippen LogP contribution >= 0.6 is 0 Å². The molecule has 1 atom stereocenters. The van der Waals surface area contributed by atoms with E-state index >= 15 is 0 Å².